The average molecular weight is 349 g/mol. The number of aromatic nitrogens is 2. The number of rotatable bonds is 4. The van der Waals surface area contributed by atoms with E-state index in [-0.39, 0.29) is 18.7 Å². The second-order valence-electron chi connectivity index (χ2n) is 4.81. The predicted molar refractivity (Wildman–Crippen MR) is 91.0 cm³/mol. The highest BCUT2D eigenvalue weighted by atomic mass is 35.5. The standard InChI is InChI=1S/C16H13ClN2O3S/c1-2-22-13(20)7-19-9-18-12-8-23-15(14(12)16(19)21)10-3-5-11(17)6-4-10/h3-6,8-9H,2,7H2,1H3. The first-order chi connectivity index (χ1) is 11.1. The Hall–Kier alpha value is -2.18. The van der Waals surface area contributed by atoms with Gasteiger partial charge in [-0.1, -0.05) is 23.7 Å². The smallest absolute Gasteiger partial charge is 0.326 e. The van der Waals surface area contributed by atoms with Crippen molar-refractivity contribution in [3.8, 4) is 10.4 Å². The van der Waals surface area contributed by atoms with E-state index in [0.717, 1.165) is 10.4 Å². The number of thiophene rings is 1. The van der Waals surface area contributed by atoms with Gasteiger partial charge in [-0.05, 0) is 24.6 Å². The molecule has 0 amide bonds. The van der Waals surface area contributed by atoms with Gasteiger partial charge < -0.3 is 4.74 Å². The average Bonchev–Trinajstić information content (AvgIpc) is 2.96. The van der Waals surface area contributed by atoms with Crippen LogP contribution in [-0.2, 0) is 16.1 Å². The number of hydrogen-bond donors (Lipinski definition) is 0. The molecule has 3 aromatic rings. The normalized spacial score (nSPS) is 10.9. The summed E-state index contributed by atoms with van der Waals surface area (Å²) in [5.41, 5.74) is 1.25. The molecule has 0 aliphatic rings. The van der Waals surface area contributed by atoms with Gasteiger partial charge in [-0.25, -0.2) is 4.98 Å². The topological polar surface area (TPSA) is 61.2 Å². The van der Waals surface area contributed by atoms with E-state index in [1.165, 1.54) is 22.2 Å². The number of hydrogen-bond acceptors (Lipinski definition) is 5. The fourth-order valence-electron chi connectivity index (χ4n) is 2.25. The SMILES string of the molecule is CCOC(=O)Cn1cnc2csc(-c3ccc(Cl)cc3)c2c1=O. The number of fused-ring (bicyclic) bond motifs is 1. The molecule has 0 spiro atoms. The summed E-state index contributed by atoms with van der Waals surface area (Å²) in [7, 11) is 0. The summed E-state index contributed by atoms with van der Waals surface area (Å²) in [6.45, 7) is 1.85. The highest BCUT2D eigenvalue weighted by Gasteiger charge is 2.15. The van der Waals surface area contributed by atoms with Crippen molar-refractivity contribution in [1.29, 1.82) is 0 Å². The molecule has 0 radical (unpaired) electrons. The zero-order valence-electron chi connectivity index (χ0n) is 12.3. The summed E-state index contributed by atoms with van der Waals surface area (Å²) < 4.78 is 6.15. The van der Waals surface area contributed by atoms with Gasteiger partial charge in [-0.3, -0.25) is 14.2 Å². The number of ether oxygens (including phenoxy) is 1. The second-order valence-corrected chi connectivity index (χ2v) is 6.13. The fourth-order valence-corrected chi connectivity index (χ4v) is 3.37. The minimum atomic E-state index is -0.459. The van der Waals surface area contributed by atoms with Gasteiger partial charge in [0.25, 0.3) is 5.56 Å². The van der Waals surface area contributed by atoms with Crippen LogP contribution in [0.15, 0.2) is 40.8 Å². The molecule has 1 aromatic carbocycles. The molecule has 0 fully saturated rings. The molecule has 0 aliphatic heterocycles. The molecule has 7 heteroatoms. The van der Waals surface area contributed by atoms with Gasteiger partial charge in [-0.15, -0.1) is 11.3 Å². The van der Waals surface area contributed by atoms with Crippen LogP contribution in [0.3, 0.4) is 0 Å². The lowest BCUT2D eigenvalue weighted by molar-refractivity contribution is -0.143. The molecular weight excluding hydrogens is 336 g/mol. The van der Waals surface area contributed by atoms with Gasteiger partial charge in [-0.2, -0.15) is 0 Å². The molecule has 2 aromatic heterocycles. The molecule has 0 atom stereocenters. The van der Waals surface area contributed by atoms with E-state index in [9.17, 15) is 9.59 Å². The lowest BCUT2D eigenvalue weighted by atomic mass is 10.1. The zero-order valence-corrected chi connectivity index (χ0v) is 13.9. The number of nitrogens with zero attached hydrogens (tertiary/aromatic N) is 2. The first kappa shape index (κ1) is 15.7. The van der Waals surface area contributed by atoms with Gasteiger partial charge >= 0.3 is 5.97 Å². The summed E-state index contributed by atoms with van der Waals surface area (Å²) in [6.07, 6.45) is 1.37. The van der Waals surface area contributed by atoms with Crippen LogP contribution in [0.25, 0.3) is 21.3 Å². The number of esters is 1. The van der Waals surface area contributed by atoms with Crippen LogP contribution in [0.1, 0.15) is 6.92 Å². The maximum atomic E-state index is 12.7. The maximum Gasteiger partial charge on any atom is 0.326 e. The molecular formula is C16H13ClN2O3S. The minimum absolute atomic E-state index is 0.147. The lowest BCUT2D eigenvalue weighted by Gasteiger charge is -2.06. The molecule has 0 saturated heterocycles. The van der Waals surface area contributed by atoms with Gasteiger partial charge in [0.05, 0.1) is 23.8 Å². The summed E-state index contributed by atoms with van der Waals surface area (Å²) >= 11 is 7.35. The van der Waals surface area contributed by atoms with Crippen LogP contribution in [0, 0.1) is 0 Å². The van der Waals surface area contributed by atoms with Crippen LogP contribution in [-0.4, -0.2) is 22.1 Å². The first-order valence-electron chi connectivity index (χ1n) is 6.98. The number of benzene rings is 1. The van der Waals surface area contributed by atoms with Crippen LogP contribution < -0.4 is 5.56 Å². The Morgan fingerprint density at radius 3 is 2.78 bits per heavy atom. The third-order valence-corrected chi connectivity index (χ3v) is 4.56. The van der Waals surface area contributed by atoms with E-state index in [1.807, 2.05) is 17.5 Å². The molecule has 0 N–H and O–H groups in total. The Labute approximate surface area is 141 Å². The van der Waals surface area contributed by atoms with Gasteiger partial charge in [0, 0.05) is 15.3 Å². The first-order valence-corrected chi connectivity index (χ1v) is 8.24. The van der Waals surface area contributed by atoms with E-state index >= 15 is 0 Å². The van der Waals surface area contributed by atoms with E-state index in [4.69, 9.17) is 16.3 Å². The predicted octanol–water partition coefficient (Wildman–Crippen LogP) is 3.34. The third-order valence-electron chi connectivity index (χ3n) is 3.29. The minimum Gasteiger partial charge on any atom is -0.465 e. The summed E-state index contributed by atoms with van der Waals surface area (Å²) in [4.78, 5) is 29.4. The molecule has 3 rings (SSSR count). The van der Waals surface area contributed by atoms with E-state index in [1.54, 1.807) is 19.1 Å². The van der Waals surface area contributed by atoms with Crippen LogP contribution in [0.5, 0.6) is 0 Å². The Kier molecular flexibility index (Phi) is 4.45. The molecule has 0 unspecified atom stereocenters. The van der Waals surface area contributed by atoms with E-state index < -0.39 is 5.97 Å². The van der Waals surface area contributed by atoms with Crippen LogP contribution >= 0.6 is 22.9 Å². The fraction of sp³-hybridized carbons (Fsp3) is 0.188. The van der Waals surface area contributed by atoms with Crippen molar-refractivity contribution in [3.05, 3.63) is 51.3 Å². The van der Waals surface area contributed by atoms with Crippen molar-refractivity contribution in [2.24, 2.45) is 0 Å². The lowest BCUT2D eigenvalue weighted by Crippen LogP contribution is -2.25. The zero-order chi connectivity index (χ0) is 16.4. The number of halogens is 1. The maximum absolute atomic E-state index is 12.7. The Bertz CT molecular complexity index is 915. The quantitative estimate of drug-likeness (QED) is 0.678. The third kappa shape index (κ3) is 3.13. The molecule has 0 saturated carbocycles. The molecule has 118 valence electrons. The van der Waals surface area contributed by atoms with Crippen LogP contribution in [0.2, 0.25) is 5.02 Å². The van der Waals surface area contributed by atoms with E-state index in [0.29, 0.717) is 15.9 Å². The van der Waals surface area contributed by atoms with Crippen molar-refractivity contribution in [1.82, 2.24) is 9.55 Å². The molecule has 2 heterocycles. The van der Waals surface area contributed by atoms with Gasteiger partial charge in [0.1, 0.15) is 6.54 Å². The van der Waals surface area contributed by atoms with Gasteiger partial charge in [0.15, 0.2) is 0 Å². The highest BCUT2D eigenvalue weighted by Crippen LogP contribution is 2.32. The summed E-state index contributed by atoms with van der Waals surface area (Å²) in [5, 5.41) is 2.96. The Morgan fingerprint density at radius 1 is 1.35 bits per heavy atom. The largest absolute Gasteiger partial charge is 0.465 e. The second kappa shape index (κ2) is 6.52. The van der Waals surface area contributed by atoms with Crippen molar-refractivity contribution in [2.45, 2.75) is 13.5 Å². The molecule has 23 heavy (non-hydrogen) atoms. The number of carbonyl (C=O) groups excluding carboxylic acids is 1. The molecule has 0 aliphatic carbocycles. The molecule has 5 nitrogen and oxygen atoms in total. The monoisotopic (exact) mass is 348 g/mol. The van der Waals surface area contributed by atoms with E-state index in [2.05, 4.69) is 4.98 Å². The van der Waals surface area contributed by atoms with Gasteiger partial charge in [0.2, 0.25) is 0 Å². The van der Waals surface area contributed by atoms with Crippen molar-refractivity contribution in [3.63, 3.8) is 0 Å². The highest BCUT2D eigenvalue weighted by molar-refractivity contribution is 7.15. The molecule has 0 bridgehead atoms. The summed E-state index contributed by atoms with van der Waals surface area (Å²) in [5.74, 6) is -0.459. The Morgan fingerprint density at radius 2 is 2.09 bits per heavy atom. The van der Waals surface area contributed by atoms with Crippen molar-refractivity contribution >= 4 is 39.8 Å². The van der Waals surface area contributed by atoms with Crippen LogP contribution in [0.4, 0.5) is 0 Å². The van der Waals surface area contributed by atoms with Crippen molar-refractivity contribution < 1.29 is 9.53 Å². The summed E-state index contributed by atoms with van der Waals surface area (Å²) in [6, 6.07) is 7.26. The van der Waals surface area contributed by atoms with Crippen molar-refractivity contribution in [2.75, 3.05) is 6.61 Å². The Balaban J connectivity index is 2.09. The number of carbonyl (C=O) groups is 1.